The van der Waals surface area contributed by atoms with Gasteiger partial charge in [-0.25, -0.2) is 4.98 Å². The van der Waals surface area contributed by atoms with Gasteiger partial charge >= 0.3 is 0 Å². The number of aromatic nitrogens is 1. The number of quaternary nitrogens is 1. The SMILES string of the molecule is CC(=O)NC1(c2ccc(C)cc2)CC[NH+](CC(=O)Nc2nccs2)CC1. The molecule has 2 aromatic rings. The number of rotatable bonds is 5. The highest BCUT2D eigenvalue weighted by molar-refractivity contribution is 7.13. The Bertz CT molecular complexity index is 750. The normalized spacial score (nSPS) is 22.6. The van der Waals surface area contributed by atoms with Crippen LogP contribution in [0.25, 0.3) is 0 Å². The van der Waals surface area contributed by atoms with Gasteiger partial charge in [0, 0.05) is 31.3 Å². The number of anilines is 1. The van der Waals surface area contributed by atoms with Crippen molar-refractivity contribution in [1.82, 2.24) is 10.3 Å². The van der Waals surface area contributed by atoms with Crippen molar-refractivity contribution in [2.45, 2.75) is 32.2 Å². The summed E-state index contributed by atoms with van der Waals surface area (Å²) >= 11 is 1.42. The summed E-state index contributed by atoms with van der Waals surface area (Å²) in [6, 6.07) is 8.37. The first-order valence-corrected chi connectivity index (χ1v) is 9.74. The second kappa shape index (κ2) is 7.97. The van der Waals surface area contributed by atoms with Crippen LogP contribution in [-0.2, 0) is 15.1 Å². The van der Waals surface area contributed by atoms with E-state index in [0.717, 1.165) is 31.5 Å². The molecule has 6 nitrogen and oxygen atoms in total. The summed E-state index contributed by atoms with van der Waals surface area (Å²) in [5.41, 5.74) is 2.01. The Morgan fingerprint density at radius 3 is 2.50 bits per heavy atom. The maximum Gasteiger partial charge on any atom is 0.281 e. The number of likely N-dealkylation sites (tertiary alicyclic amines) is 1. The lowest BCUT2D eigenvalue weighted by atomic mass is 9.80. The molecule has 1 aromatic carbocycles. The van der Waals surface area contributed by atoms with E-state index < -0.39 is 0 Å². The summed E-state index contributed by atoms with van der Waals surface area (Å²) in [6.07, 6.45) is 3.31. The fraction of sp³-hybridized carbons (Fsp3) is 0.421. The molecule has 0 spiro atoms. The van der Waals surface area contributed by atoms with E-state index in [1.807, 2.05) is 5.38 Å². The average molecular weight is 374 g/mol. The number of hydrogen-bond donors (Lipinski definition) is 3. The standard InChI is InChI=1S/C19H24N4O2S/c1-14-3-5-16(6-4-14)19(22-15(2)24)7-10-23(11-8-19)13-17(25)21-18-20-9-12-26-18/h3-6,9,12H,7-8,10-11,13H2,1-2H3,(H,22,24)(H,20,21,25)/p+1. The van der Waals surface area contributed by atoms with E-state index in [1.54, 1.807) is 13.1 Å². The molecule has 2 amide bonds. The van der Waals surface area contributed by atoms with Crippen molar-refractivity contribution >= 4 is 28.3 Å². The lowest BCUT2D eigenvalue weighted by Crippen LogP contribution is -3.14. The van der Waals surface area contributed by atoms with Crippen LogP contribution < -0.4 is 15.5 Å². The molecule has 0 unspecified atom stereocenters. The summed E-state index contributed by atoms with van der Waals surface area (Å²) in [5, 5.41) is 8.50. The smallest absolute Gasteiger partial charge is 0.281 e. The van der Waals surface area contributed by atoms with E-state index in [4.69, 9.17) is 0 Å². The number of amides is 2. The van der Waals surface area contributed by atoms with Crippen molar-refractivity contribution in [2.24, 2.45) is 0 Å². The third-order valence-electron chi connectivity index (χ3n) is 4.92. The van der Waals surface area contributed by atoms with Gasteiger partial charge in [-0.1, -0.05) is 29.8 Å². The minimum atomic E-state index is -0.338. The first-order valence-electron chi connectivity index (χ1n) is 8.86. The molecule has 0 atom stereocenters. The Kier molecular flexibility index (Phi) is 5.68. The number of piperidine rings is 1. The van der Waals surface area contributed by atoms with Crippen molar-refractivity contribution < 1.29 is 14.5 Å². The Balaban J connectivity index is 1.63. The Morgan fingerprint density at radius 2 is 1.92 bits per heavy atom. The van der Waals surface area contributed by atoms with Crippen LogP contribution in [0.15, 0.2) is 35.8 Å². The summed E-state index contributed by atoms with van der Waals surface area (Å²) in [4.78, 5) is 29.3. The molecular formula is C19H25N4O2S+. The van der Waals surface area contributed by atoms with Crippen LogP contribution in [0.3, 0.4) is 0 Å². The van der Waals surface area contributed by atoms with Gasteiger partial charge in [-0.15, -0.1) is 11.3 Å². The molecular weight excluding hydrogens is 348 g/mol. The molecule has 3 rings (SSSR count). The zero-order chi connectivity index (χ0) is 18.6. The highest BCUT2D eigenvalue weighted by Gasteiger charge is 2.39. The third kappa shape index (κ3) is 4.47. The summed E-state index contributed by atoms with van der Waals surface area (Å²) < 4.78 is 0. The maximum atomic E-state index is 12.2. The van der Waals surface area contributed by atoms with Gasteiger partial charge in [-0.3, -0.25) is 14.9 Å². The lowest BCUT2D eigenvalue weighted by molar-refractivity contribution is -0.898. The van der Waals surface area contributed by atoms with Gasteiger partial charge in [0.2, 0.25) is 5.91 Å². The molecule has 1 aliphatic rings. The Hall–Kier alpha value is -2.25. The molecule has 2 heterocycles. The number of carbonyl (C=O) groups is 2. The van der Waals surface area contributed by atoms with Crippen molar-refractivity contribution in [3.63, 3.8) is 0 Å². The van der Waals surface area contributed by atoms with Crippen LogP contribution in [0.2, 0.25) is 0 Å². The molecule has 1 aliphatic heterocycles. The lowest BCUT2D eigenvalue weighted by Gasteiger charge is -2.40. The highest BCUT2D eigenvalue weighted by Crippen LogP contribution is 2.30. The van der Waals surface area contributed by atoms with Crippen molar-refractivity contribution in [1.29, 1.82) is 0 Å². The number of nitrogens with zero attached hydrogens (tertiary/aromatic N) is 1. The molecule has 0 aliphatic carbocycles. The second-order valence-electron chi connectivity index (χ2n) is 6.94. The third-order valence-corrected chi connectivity index (χ3v) is 5.61. The quantitative estimate of drug-likeness (QED) is 0.735. The van der Waals surface area contributed by atoms with Gasteiger partial charge in [-0.05, 0) is 12.5 Å². The van der Waals surface area contributed by atoms with Gasteiger partial charge in [0.1, 0.15) is 0 Å². The summed E-state index contributed by atoms with van der Waals surface area (Å²) in [6.45, 7) is 5.71. The Morgan fingerprint density at radius 1 is 1.23 bits per heavy atom. The number of benzene rings is 1. The van der Waals surface area contributed by atoms with E-state index in [0.29, 0.717) is 11.7 Å². The molecule has 3 N–H and O–H groups in total. The van der Waals surface area contributed by atoms with Gasteiger partial charge in [0.25, 0.3) is 5.91 Å². The largest absolute Gasteiger partial charge is 0.346 e. The second-order valence-corrected chi connectivity index (χ2v) is 7.84. The molecule has 0 saturated carbocycles. The van der Waals surface area contributed by atoms with E-state index in [1.165, 1.54) is 21.8 Å². The predicted molar refractivity (Wildman–Crippen MR) is 102 cm³/mol. The number of aryl methyl sites for hydroxylation is 1. The topological polar surface area (TPSA) is 75.5 Å². The van der Waals surface area contributed by atoms with Crippen LogP contribution in [-0.4, -0.2) is 36.4 Å². The van der Waals surface area contributed by atoms with Crippen LogP contribution in [0.1, 0.15) is 30.9 Å². The van der Waals surface area contributed by atoms with Crippen molar-refractivity contribution in [3.05, 3.63) is 47.0 Å². The molecule has 7 heteroatoms. The summed E-state index contributed by atoms with van der Waals surface area (Å²) in [7, 11) is 0. The summed E-state index contributed by atoms with van der Waals surface area (Å²) in [5.74, 6) is -0.0344. The monoisotopic (exact) mass is 373 g/mol. The van der Waals surface area contributed by atoms with E-state index >= 15 is 0 Å². The number of hydrogen-bond acceptors (Lipinski definition) is 4. The fourth-order valence-corrected chi connectivity index (χ4v) is 4.12. The first-order chi connectivity index (χ1) is 12.5. The van der Waals surface area contributed by atoms with Crippen LogP contribution in [0, 0.1) is 6.92 Å². The molecule has 0 bridgehead atoms. The van der Waals surface area contributed by atoms with Gasteiger partial charge in [0.05, 0.1) is 18.6 Å². The van der Waals surface area contributed by atoms with Crippen LogP contribution in [0.4, 0.5) is 5.13 Å². The van der Waals surface area contributed by atoms with Crippen molar-refractivity contribution in [3.8, 4) is 0 Å². The molecule has 1 fully saturated rings. The molecule has 1 saturated heterocycles. The zero-order valence-corrected chi connectivity index (χ0v) is 16.0. The number of thiazole rings is 1. The number of carbonyl (C=O) groups excluding carboxylic acids is 2. The molecule has 0 radical (unpaired) electrons. The molecule has 1 aromatic heterocycles. The number of nitrogens with one attached hydrogen (secondary N) is 3. The molecule has 138 valence electrons. The van der Waals surface area contributed by atoms with Crippen molar-refractivity contribution in [2.75, 3.05) is 25.0 Å². The van der Waals surface area contributed by atoms with Gasteiger partial charge in [0.15, 0.2) is 11.7 Å². The predicted octanol–water partition coefficient (Wildman–Crippen LogP) is 1.10. The first kappa shape index (κ1) is 18.5. The van der Waals surface area contributed by atoms with E-state index in [9.17, 15) is 9.59 Å². The average Bonchev–Trinajstić information content (AvgIpc) is 3.09. The minimum absolute atomic E-state index is 0.0164. The van der Waals surface area contributed by atoms with E-state index in [-0.39, 0.29) is 17.4 Å². The maximum absolute atomic E-state index is 12.2. The highest BCUT2D eigenvalue weighted by atomic mass is 32.1. The van der Waals surface area contributed by atoms with Crippen LogP contribution in [0.5, 0.6) is 0 Å². The fourth-order valence-electron chi connectivity index (χ4n) is 3.58. The minimum Gasteiger partial charge on any atom is -0.346 e. The molecule has 26 heavy (non-hydrogen) atoms. The van der Waals surface area contributed by atoms with Crippen LogP contribution >= 0.6 is 11.3 Å². The zero-order valence-electron chi connectivity index (χ0n) is 15.2. The van der Waals surface area contributed by atoms with Gasteiger partial charge in [-0.2, -0.15) is 0 Å². The Labute approximate surface area is 157 Å². The van der Waals surface area contributed by atoms with E-state index in [2.05, 4.69) is 46.8 Å². The van der Waals surface area contributed by atoms with Gasteiger partial charge < -0.3 is 10.2 Å².